The van der Waals surface area contributed by atoms with Gasteiger partial charge in [0.05, 0.1) is 13.0 Å². The predicted molar refractivity (Wildman–Crippen MR) is 87.8 cm³/mol. The van der Waals surface area contributed by atoms with Gasteiger partial charge in [0, 0.05) is 13.1 Å². The number of likely N-dealkylation sites (tertiary alicyclic amines) is 1. The first kappa shape index (κ1) is 18.8. The monoisotopic (exact) mass is 342 g/mol. The molecular weight excluding hydrogens is 317 g/mol. The summed E-state index contributed by atoms with van der Waals surface area (Å²) < 4.78 is 37.4. The molecule has 0 radical (unpaired) electrons. The van der Waals surface area contributed by atoms with Crippen molar-refractivity contribution in [3.05, 3.63) is 34.9 Å². The lowest BCUT2D eigenvalue weighted by Gasteiger charge is -2.33. The fourth-order valence-electron chi connectivity index (χ4n) is 3.20. The van der Waals surface area contributed by atoms with Gasteiger partial charge < -0.3 is 5.32 Å². The number of amides is 1. The van der Waals surface area contributed by atoms with E-state index in [9.17, 15) is 18.0 Å². The Bertz CT molecular complexity index is 572. The molecule has 6 heteroatoms. The van der Waals surface area contributed by atoms with Gasteiger partial charge in [0.25, 0.3) is 0 Å². The van der Waals surface area contributed by atoms with E-state index in [1.165, 1.54) is 4.90 Å². The van der Waals surface area contributed by atoms with Crippen molar-refractivity contribution in [2.45, 2.75) is 39.3 Å². The fraction of sp³-hybridized carbons (Fsp3) is 0.611. The number of rotatable bonds is 5. The van der Waals surface area contributed by atoms with Crippen molar-refractivity contribution in [1.82, 2.24) is 10.2 Å². The maximum absolute atomic E-state index is 12.5. The largest absolute Gasteiger partial charge is 0.401 e. The molecule has 0 spiro atoms. The molecule has 1 unspecified atom stereocenters. The number of nitrogens with one attached hydrogen (secondary N) is 1. The van der Waals surface area contributed by atoms with E-state index in [1.807, 2.05) is 32.0 Å². The highest BCUT2D eigenvalue weighted by molar-refractivity contribution is 5.79. The summed E-state index contributed by atoms with van der Waals surface area (Å²) in [4.78, 5) is 13.6. The highest BCUT2D eigenvalue weighted by Gasteiger charge is 2.33. The second kappa shape index (κ2) is 8.01. The van der Waals surface area contributed by atoms with Crippen molar-refractivity contribution in [2.75, 3.05) is 26.2 Å². The van der Waals surface area contributed by atoms with Crippen molar-refractivity contribution in [2.24, 2.45) is 5.92 Å². The first-order chi connectivity index (χ1) is 11.2. The Hall–Kier alpha value is -1.56. The summed E-state index contributed by atoms with van der Waals surface area (Å²) in [6, 6.07) is 6.00. The third-order valence-electron chi connectivity index (χ3n) is 4.45. The minimum absolute atomic E-state index is 0.0726. The standard InChI is InChI=1S/C18H25F3N2O/c1-13-5-6-14(2)16(8-13)9-17(24)22-10-15-4-3-7-23(11-15)12-18(19,20)21/h5-6,8,15H,3-4,7,9-12H2,1-2H3,(H,22,24). The number of halogens is 3. The van der Waals surface area contributed by atoms with Crippen LogP contribution >= 0.6 is 0 Å². The van der Waals surface area contributed by atoms with Crippen molar-refractivity contribution < 1.29 is 18.0 Å². The molecular formula is C18H25F3N2O. The summed E-state index contributed by atoms with van der Waals surface area (Å²) in [6.07, 6.45) is -2.24. The minimum atomic E-state index is -4.16. The zero-order valence-corrected chi connectivity index (χ0v) is 14.2. The van der Waals surface area contributed by atoms with E-state index in [2.05, 4.69) is 5.32 Å². The van der Waals surface area contributed by atoms with Crippen LogP contribution in [0.2, 0.25) is 0 Å². The van der Waals surface area contributed by atoms with Crippen LogP contribution in [-0.4, -0.2) is 43.2 Å². The van der Waals surface area contributed by atoms with Crippen LogP contribution in [-0.2, 0) is 11.2 Å². The number of carbonyl (C=O) groups is 1. The van der Waals surface area contributed by atoms with Crippen LogP contribution in [0.3, 0.4) is 0 Å². The molecule has 2 rings (SSSR count). The van der Waals surface area contributed by atoms with E-state index < -0.39 is 12.7 Å². The Kier molecular flexibility index (Phi) is 6.27. The molecule has 1 amide bonds. The van der Waals surface area contributed by atoms with Gasteiger partial charge in [-0.1, -0.05) is 23.8 Å². The van der Waals surface area contributed by atoms with Crippen molar-refractivity contribution in [1.29, 1.82) is 0 Å². The molecule has 1 fully saturated rings. The van der Waals surface area contributed by atoms with Crippen LogP contribution in [0.4, 0.5) is 13.2 Å². The van der Waals surface area contributed by atoms with Crippen LogP contribution in [0, 0.1) is 19.8 Å². The second-order valence-corrected chi connectivity index (χ2v) is 6.77. The maximum atomic E-state index is 12.5. The molecule has 1 aromatic rings. The Morgan fingerprint density at radius 3 is 2.79 bits per heavy atom. The average molecular weight is 342 g/mol. The Morgan fingerprint density at radius 1 is 1.33 bits per heavy atom. The first-order valence-corrected chi connectivity index (χ1v) is 8.35. The molecule has 1 aromatic carbocycles. The van der Waals surface area contributed by atoms with E-state index in [0.29, 0.717) is 26.1 Å². The topological polar surface area (TPSA) is 32.3 Å². The Balaban J connectivity index is 1.80. The first-order valence-electron chi connectivity index (χ1n) is 8.35. The molecule has 0 aromatic heterocycles. The van der Waals surface area contributed by atoms with Gasteiger partial charge in [-0.25, -0.2) is 0 Å². The lowest BCUT2D eigenvalue weighted by molar-refractivity contribution is -0.149. The quantitative estimate of drug-likeness (QED) is 0.891. The summed E-state index contributed by atoms with van der Waals surface area (Å²) in [7, 11) is 0. The number of nitrogens with zero attached hydrogens (tertiary/aromatic N) is 1. The zero-order valence-electron chi connectivity index (χ0n) is 14.2. The minimum Gasteiger partial charge on any atom is -0.355 e. The molecule has 0 aliphatic carbocycles. The number of benzene rings is 1. The molecule has 1 atom stereocenters. The van der Waals surface area contributed by atoms with Gasteiger partial charge in [0.2, 0.25) is 5.91 Å². The van der Waals surface area contributed by atoms with Gasteiger partial charge >= 0.3 is 6.18 Å². The molecule has 24 heavy (non-hydrogen) atoms. The summed E-state index contributed by atoms with van der Waals surface area (Å²) in [5.74, 6) is 0.0142. The highest BCUT2D eigenvalue weighted by Crippen LogP contribution is 2.22. The molecule has 3 nitrogen and oxygen atoms in total. The molecule has 134 valence electrons. The molecule has 0 bridgehead atoms. The summed E-state index contributed by atoms with van der Waals surface area (Å²) >= 11 is 0. The molecule has 1 heterocycles. The molecule has 1 saturated heterocycles. The molecule has 1 aliphatic rings. The van der Waals surface area contributed by atoms with Crippen LogP contribution in [0.25, 0.3) is 0 Å². The molecule has 0 saturated carbocycles. The Labute approximate surface area is 141 Å². The zero-order chi connectivity index (χ0) is 17.7. The average Bonchev–Trinajstić information content (AvgIpc) is 2.48. The van der Waals surface area contributed by atoms with Crippen LogP contribution in [0.1, 0.15) is 29.5 Å². The summed E-state index contributed by atoms with van der Waals surface area (Å²) in [6.45, 7) is 4.41. The van der Waals surface area contributed by atoms with Gasteiger partial charge in [-0.3, -0.25) is 9.69 Å². The van der Waals surface area contributed by atoms with Gasteiger partial charge in [-0.2, -0.15) is 13.2 Å². The number of piperidine rings is 1. The van der Waals surface area contributed by atoms with Crippen LogP contribution in [0.15, 0.2) is 18.2 Å². The lowest BCUT2D eigenvalue weighted by Crippen LogP contribution is -2.44. The van der Waals surface area contributed by atoms with Crippen LogP contribution in [0.5, 0.6) is 0 Å². The van der Waals surface area contributed by atoms with Gasteiger partial charge in [-0.05, 0) is 50.3 Å². The molecule has 1 aliphatic heterocycles. The van der Waals surface area contributed by atoms with E-state index in [1.54, 1.807) is 0 Å². The third kappa shape index (κ3) is 6.15. The number of hydrogen-bond donors (Lipinski definition) is 1. The highest BCUT2D eigenvalue weighted by atomic mass is 19.4. The van der Waals surface area contributed by atoms with E-state index in [0.717, 1.165) is 29.5 Å². The third-order valence-corrected chi connectivity index (χ3v) is 4.45. The smallest absolute Gasteiger partial charge is 0.355 e. The maximum Gasteiger partial charge on any atom is 0.401 e. The predicted octanol–water partition coefficient (Wildman–Crippen LogP) is 3.24. The number of hydrogen-bond acceptors (Lipinski definition) is 2. The van der Waals surface area contributed by atoms with Gasteiger partial charge in [0.15, 0.2) is 0 Å². The van der Waals surface area contributed by atoms with Crippen molar-refractivity contribution in [3.63, 3.8) is 0 Å². The SMILES string of the molecule is Cc1ccc(C)c(CC(=O)NCC2CCCN(CC(F)(F)F)C2)c1. The lowest BCUT2D eigenvalue weighted by atomic mass is 9.97. The summed E-state index contributed by atoms with van der Waals surface area (Å²) in [5.41, 5.74) is 3.18. The van der Waals surface area contributed by atoms with E-state index in [-0.39, 0.29) is 11.8 Å². The van der Waals surface area contributed by atoms with Crippen molar-refractivity contribution in [3.8, 4) is 0 Å². The normalized spacial score (nSPS) is 19.3. The number of aryl methyl sites for hydroxylation is 2. The molecule has 1 N–H and O–H groups in total. The van der Waals surface area contributed by atoms with Crippen LogP contribution < -0.4 is 5.32 Å². The Morgan fingerprint density at radius 2 is 2.08 bits per heavy atom. The van der Waals surface area contributed by atoms with Crippen molar-refractivity contribution >= 4 is 5.91 Å². The van der Waals surface area contributed by atoms with E-state index in [4.69, 9.17) is 0 Å². The fourth-order valence-corrected chi connectivity index (χ4v) is 3.20. The van der Waals surface area contributed by atoms with E-state index >= 15 is 0 Å². The summed E-state index contributed by atoms with van der Waals surface area (Å²) in [5, 5.41) is 2.88. The van der Waals surface area contributed by atoms with Gasteiger partial charge in [-0.15, -0.1) is 0 Å². The number of alkyl halides is 3. The van der Waals surface area contributed by atoms with Gasteiger partial charge in [0.1, 0.15) is 0 Å². The second-order valence-electron chi connectivity index (χ2n) is 6.77. The number of carbonyl (C=O) groups excluding carboxylic acids is 1.